The highest BCUT2D eigenvalue weighted by atomic mass is 16.3. The lowest BCUT2D eigenvalue weighted by atomic mass is 9.79. The number of hydrogen-bond acceptors (Lipinski definition) is 2. The van der Waals surface area contributed by atoms with Crippen LogP contribution in [0.2, 0.25) is 0 Å². The molecule has 2 aliphatic carbocycles. The third-order valence-corrected chi connectivity index (χ3v) is 13.1. The largest absolute Gasteiger partial charge is 0.454 e. The van der Waals surface area contributed by atoms with Crippen LogP contribution in [0.4, 0.5) is 17.1 Å². The molecule has 0 spiro atoms. The van der Waals surface area contributed by atoms with E-state index in [1.165, 1.54) is 71.6 Å². The van der Waals surface area contributed by atoms with Gasteiger partial charge in [-0.1, -0.05) is 158 Å². The number of fused-ring (bicyclic) bond motifs is 13. The van der Waals surface area contributed by atoms with Crippen LogP contribution < -0.4 is 4.90 Å². The molecule has 272 valence electrons. The molecule has 0 radical (unpaired) electrons. The molecule has 2 nitrogen and oxygen atoms in total. The Hall–Kier alpha value is -6.12. The molecule has 56 heavy (non-hydrogen) atoms. The average molecular weight is 724 g/mol. The molecule has 9 aromatic rings. The Kier molecular flexibility index (Phi) is 6.67. The number of hydrogen-bond donors (Lipinski definition) is 0. The van der Waals surface area contributed by atoms with Crippen LogP contribution in [0.5, 0.6) is 0 Å². The Morgan fingerprint density at radius 3 is 1.73 bits per heavy atom. The van der Waals surface area contributed by atoms with E-state index < -0.39 is 0 Å². The van der Waals surface area contributed by atoms with Crippen LogP contribution in [0.25, 0.3) is 65.7 Å². The fraction of sp³-hybridized carbons (Fsp3) is 0.185. The van der Waals surface area contributed by atoms with Gasteiger partial charge in [-0.2, -0.15) is 0 Å². The lowest BCUT2D eigenvalue weighted by Crippen LogP contribution is -2.18. The van der Waals surface area contributed by atoms with Gasteiger partial charge in [0.05, 0.1) is 11.4 Å². The number of rotatable bonds is 3. The molecule has 0 bridgehead atoms. The molecular weight excluding hydrogens is 679 g/mol. The molecule has 1 aromatic heterocycles. The third kappa shape index (κ3) is 4.39. The van der Waals surface area contributed by atoms with E-state index in [1.54, 1.807) is 0 Å². The monoisotopic (exact) mass is 723 g/mol. The van der Waals surface area contributed by atoms with Crippen LogP contribution in [0.3, 0.4) is 0 Å². The first-order valence-electron chi connectivity index (χ1n) is 20.0. The van der Waals surface area contributed by atoms with E-state index in [0.717, 1.165) is 39.0 Å². The second kappa shape index (κ2) is 11.2. The summed E-state index contributed by atoms with van der Waals surface area (Å²) in [6, 6.07) is 54.2. The zero-order valence-corrected chi connectivity index (χ0v) is 33.2. The standard InChI is InChI=1S/C54H45NO/c1-52(2,3)42-25-15-23-37-38-24-16-26-46(51(38)56-50(37)42)55(33-18-9-8-10-19-33)47-31-45-49(36-22-14-13-21-35(36)47)40-30-43-39(29-44(40)54(45,6)7)48-34-20-12-11-17-32(34)27-28-41(48)53(43,4)5/h8-31H,1-7H3. The van der Waals surface area contributed by atoms with E-state index >= 15 is 0 Å². The van der Waals surface area contributed by atoms with Crippen LogP contribution >= 0.6 is 0 Å². The predicted octanol–water partition coefficient (Wildman–Crippen LogP) is 15.3. The van der Waals surface area contributed by atoms with Crippen molar-refractivity contribution < 1.29 is 4.42 Å². The first-order valence-corrected chi connectivity index (χ1v) is 20.0. The minimum atomic E-state index is -0.245. The lowest BCUT2D eigenvalue weighted by molar-refractivity contribution is 0.573. The van der Waals surface area contributed by atoms with Crippen LogP contribution in [0.15, 0.2) is 150 Å². The van der Waals surface area contributed by atoms with Gasteiger partial charge in [0, 0.05) is 38.2 Å². The number of para-hydroxylation sites is 3. The zero-order valence-electron chi connectivity index (χ0n) is 33.2. The molecule has 2 heteroatoms. The Bertz CT molecular complexity index is 3120. The maximum absolute atomic E-state index is 7.04. The highest BCUT2D eigenvalue weighted by Gasteiger charge is 2.43. The summed E-state index contributed by atoms with van der Waals surface area (Å²) < 4.78 is 7.04. The Morgan fingerprint density at radius 1 is 0.446 bits per heavy atom. The van der Waals surface area contributed by atoms with Gasteiger partial charge in [-0.25, -0.2) is 0 Å². The second-order valence-corrected chi connectivity index (χ2v) is 18.1. The van der Waals surface area contributed by atoms with E-state index in [1.807, 2.05) is 0 Å². The van der Waals surface area contributed by atoms with Gasteiger partial charge in [0.15, 0.2) is 5.58 Å². The van der Waals surface area contributed by atoms with Gasteiger partial charge in [0.1, 0.15) is 5.58 Å². The van der Waals surface area contributed by atoms with E-state index in [0.29, 0.717) is 0 Å². The second-order valence-electron chi connectivity index (χ2n) is 18.1. The van der Waals surface area contributed by atoms with Crippen molar-refractivity contribution in [2.24, 2.45) is 0 Å². The minimum absolute atomic E-state index is 0.0615. The van der Waals surface area contributed by atoms with Crippen LogP contribution in [0, 0.1) is 0 Å². The topological polar surface area (TPSA) is 16.4 Å². The van der Waals surface area contributed by atoms with E-state index in [9.17, 15) is 0 Å². The number of benzene rings is 8. The fourth-order valence-electron chi connectivity index (χ4n) is 10.3. The van der Waals surface area contributed by atoms with Crippen molar-refractivity contribution in [1.29, 1.82) is 0 Å². The van der Waals surface area contributed by atoms with Gasteiger partial charge in [0.2, 0.25) is 0 Å². The SMILES string of the molecule is CC(C)(C)c1cccc2c1oc1c(N(c3ccccc3)c3cc4c(c5ccccc35)-c3cc5c(cc3C4(C)C)-c3c(ccc4ccccc34)C5(C)C)cccc12. The molecule has 0 saturated heterocycles. The highest BCUT2D eigenvalue weighted by molar-refractivity contribution is 6.15. The van der Waals surface area contributed by atoms with Crippen LogP contribution in [-0.4, -0.2) is 0 Å². The highest BCUT2D eigenvalue weighted by Crippen LogP contribution is 2.60. The molecule has 11 rings (SSSR count). The van der Waals surface area contributed by atoms with Gasteiger partial charge >= 0.3 is 0 Å². The van der Waals surface area contributed by atoms with E-state index in [-0.39, 0.29) is 16.2 Å². The Labute approximate surface area is 329 Å². The minimum Gasteiger partial charge on any atom is -0.454 e. The third-order valence-electron chi connectivity index (χ3n) is 13.1. The first-order chi connectivity index (χ1) is 26.9. The van der Waals surface area contributed by atoms with Crippen LogP contribution in [0.1, 0.15) is 76.3 Å². The normalized spacial score (nSPS) is 15.0. The molecule has 2 aliphatic rings. The van der Waals surface area contributed by atoms with Crippen molar-refractivity contribution >= 4 is 60.5 Å². The summed E-state index contributed by atoms with van der Waals surface area (Å²) in [5, 5.41) is 7.42. The summed E-state index contributed by atoms with van der Waals surface area (Å²) in [6.45, 7) is 16.4. The van der Waals surface area contributed by atoms with E-state index in [4.69, 9.17) is 4.42 Å². The molecule has 0 N–H and O–H groups in total. The fourth-order valence-corrected chi connectivity index (χ4v) is 10.3. The lowest BCUT2D eigenvalue weighted by Gasteiger charge is -2.29. The van der Waals surface area contributed by atoms with E-state index in [2.05, 4.69) is 199 Å². The average Bonchev–Trinajstić information content (AvgIpc) is 3.77. The summed E-state index contributed by atoms with van der Waals surface area (Å²) in [5.74, 6) is 0. The Morgan fingerprint density at radius 2 is 1.02 bits per heavy atom. The van der Waals surface area contributed by atoms with Crippen molar-refractivity contribution in [1.82, 2.24) is 0 Å². The molecule has 0 aliphatic heterocycles. The van der Waals surface area contributed by atoms with Gasteiger partial charge in [-0.3, -0.25) is 0 Å². The summed E-state index contributed by atoms with van der Waals surface area (Å²) in [7, 11) is 0. The van der Waals surface area contributed by atoms with Crippen molar-refractivity contribution in [3.8, 4) is 22.3 Å². The van der Waals surface area contributed by atoms with Gasteiger partial charge < -0.3 is 9.32 Å². The maximum Gasteiger partial charge on any atom is 0.159 e. The Balaban J connectivity index is 1.19. The summed E-state index contributed by atoms with van der Waals surface area (Å²) in [5.41, 5.74) is 17.0. The summed E-state index contributed by atoms with van der Waals surface area (Å²) in [4.78, 5) is 2.44. The number of nitrogens with zero attached hydrogens (tertiary/aromatic N) is 1. The molecule has 1 heterocycles. The summed E-state index contributed by atoms with van der Waals surface area (Å²) >= 11 is 0. The molecule has 0 unspecified atom stereocenters. The maximum atomic E-state index is 7.04. The predicted molar refractivity (Wildman–Crippen MR) is 237 cm³/mol. The first kappa shape index (κ1) is 33.2. The van der Waals surface area contributed by atoms with Gasteiger partial charge in [0.25, 0.3) is 0 Å². The number of anilines is 3. The molecule has 0 amide bonds. The van der Waals surface area contributed by atoms with Gasteiger partial charge in [-0.15, -0.1) is 0 Å². The van der Waals surface area contributed by atoms with Crippen molar-refractivity contribution in [2.75, 3.05) is 4.90 Å². The quantitative estimate of drug-likeness (QED) is 0.180. The smallest absolute Gasteiger partial charge is 0.159 e. The number of furan rings is 1. The van der Waals surface area contributed by atoms with Crippen molar-refractivity contribution in [2.45, 2.75) is 64.7 Å². The van der Waals surface area contributed by atoms with Crippen molar-refractivity contribution in [3.63, 3.8) is 0 Å². The van der Waals surface area contributed by atoms with Crippen molar-refractivity contribution in [3.05, 3.63) is 173 Å². The molecule has 0 atom stereocenters. The van der Waals surface area contributed by atoms with Crippen LogP contribution in [-0.2, 0) is 16.2 Å². The molecular formula is C54H45NO. The summed E-state index contributed by atoms with van der Waals surface area (Å²) in [6.07, 6.45) is 0. The zero-order chi connectivity index (χ0) is 38.3. The molecule has 0 fully saturated rings. The molecule has 8 aromatic carbocycles. The van der Waals surface area contributed by atoms with Gasteiger partial charge in [-0.05, 0) is 102 Å². The molecule has 0 saturated carbocycles.